The minimum atomic E-state index is -4.51. The first-order chi connectivity index (χ1) is 15.6. The molecular weight excluding hydrogens is 439 g/mol. The molecule has 0 saturated heterocycles. The Morgan fingerprint density at radius 1 is 1.24 bits per heavy atom. The zero-order chi connectivity index (χ0) is 23.9. The number of rotatable bonds is 7. The summed E-state index contributed by atoms with van der Waals surface area (Å²) >= 11 is 0. The van der Waals surface area contributed by atoms with Crippen molar-refractivity contribution in [3.63, 3.8) is 0 Å². The lowest BCUT2D eigenvalue weighted by Gasteiger charge is -2.16. The number of alkyl halides is 3. The van der Waals surface area contributed by atoms with Gasteiger partial charge in [0.05, 0.1) is 6.20 Å². The van der Waals surface area contributed by atoms with Crippen molar-refractivity contribution in [2.75, 3.05) is 0 Å². The van der Waals surface area contributed by atoms with E-state index in [1.54, 1.807) is 0 Å². The SMILES string of the molecule is CC(C)Cn1c(=O)c(C(=O)NC2CC2)c(O)n2ncc(CCc3ccc(C(F)(F)F)nc3)c12. The number of aromatic nitrogens is 4. The Hall–Kier alpha value is -3.37. The fourth-order valence-corrected chi connectivity index (χ4v) is 3.67. The van der Waals surface area contributed by atoms with Crippen LogP contribution in [0, 0.1) is 5.92 Å². The van der Waals surface area contributed by atoms with Crippen LogP contribution in [0.4, 0.5) is 13.2 Å². The number of carbonyl (C=O) groups is 1. The summed E-state index contributed by atoms with van der Waals surface area (Å²) in [7, 11) is 0. The molecule has 1 aliphatic rings. The van der Waals surface area contributed by atoms with Crippen LogP contribution in [0.1, 0.15) is 53.9 Å². The minimum Gasteiger partial charge on any atom is -0.492 e. The number of aryl methyl sites for hydroxylation is 2. The largest absolute Gasteiger partial charge is 0.492 e. The number of nitrogens with zero attached hydrogens (tertiary/aromatic N) is 4. The molecule has 0 spiro atoms. The summed E-state index contributed by atoms with van der Waals surface area (Å²) in [5.74, 6) is -1.10. The second kappa shape index (κ2) is 8.53. The van der Waals surface area contributed by atoms with Crippen molar-refractivity contribution < 1.29 is 23.1 Å². The third-order valence-corrected chi connectivity index (χ3v) is 5.44. The molecule has 0 radical (unpaired) electrons. The van der Waals surface area contributed by atoms with Gasteiger partial charge in [0.15, 0.2) is 5.56 Å². The van der Waals surface area contributed by atoms with Crippen molar-refractivity contribution in [2.45, 2.75) is 58.3 Å². The van der Waals surface area contributed by atoms with Crippen LogP contribution in [0.25, 0.3) is 5.65 Å². The molecule has 0 atom stereocenters. The topological polar surface area (TPSA) is 102 Å². The van der Waals surface area contributed by atoms with Crippen LogP contribution in [-0.2, 0) is 25.6 Å². The van der Waals surface area contributed by atoms with Gasteiger partial charge in [-0.1, -0.05) is 19.9 Å². The molecule has 8 nitrogen and oxygen atoms in total. The van der Waals surface area contributed by atoms with Crippen LogP contribution in [0.5, 0.6) is 5.88 Å². The standard InChI is InChI=1S/C22H24F3N5O3/c1-12(2)11-29-19-14(5-3-13-4-8-16(26-9-13)22(23,24)25)10-27-30(19)21(33)17(20(29)32)18(31)28-15-6-7-15/h4,8-10,12,15,33H,3,5-7,11H2,1-2H3,(H,28,31). The number of carbonyl (C=O) groups excluding carboxylic acids is 1. The van der Waals surface area contributed by atoms with Crippen molar-refractivity contribution in [1.29, 1.82) is 0 Å². The first-order valence-corrected chi connectivity index (χ1v) is 10.7. The molecule has 11 heteroatoms. The molecule has 33 heavy (non-hydrogen) atoms. The summed E-state index contributed by atoms with van der Waals surface area (Å²) in [6, 6.07) is 2.30. The molecule has 0 bridgehead atoms. The molecular formula is C22H24F3N5O3. The lowest BCUT2D eigenvalue weighted by molar-refractivity contribution is -0.141. The van der Waals surface area contributed by atoms with E-state index in [0.717, 1.165) is 18.9 Å². The third kappa shape index (κ3) is 4.71. The van der Waals surface area contributed by atoms with E-state index in [2.05, 4.69) is 15.4 Å². The second-order valence-corrected chi connectivity index (χ2v) is 8.71. The van der Waals surface area contributed by atoms with E-state index < -0.39 is 29.2 Å². The van der Waals surface area contributed by atoms with Gasteiger partial charge in [0.25, 0.3) is 11.5 Å². The average Bonchev–Trinajstić information content (AvgIpc) is 3.44. The molecule has 176 valence electrons. The minimum absolute atomic E-state index is 0.0103. The van der Waals surface area contributed by atoms with Gasteiger partial charge in [-0.2, -0.15) is 22.8 Å². The number of nitrogens with one attached hydrogen (secondary N) is 1. The molecule has 3 aromatic rings. The van der Waals surface area contributed by atoms with Crippen LogP contribution in [-0.4, -0.2) is 36.2 Å². The van der Waals surface area contributed by atoms with E-state index in [-0.39, 0.29) is 17.5 Å². The lowest BCUT2D eigenvalue weighted by atomic mass is 10.1. The predicted molar refractivity (Wildman–Crippen MR) is 113 cm³/mol. The quantitative estimate of drug-likeness (QED) is 0.561. The normalized spacial score (nSPS) is 14.2. The number of halogens is 3. The Morgan fingerprint density at radius 3 is 2.55 bits per heavy atom. The van der Waals surface area contributed by atoms with Crippen LogP contribution >= 0.6 is 0 Å². The number of fused-ring (bicyclic) bond motifs is 1. The van der Waals surface area contributed by atoms with Crippen molar-refractivity contribution in [3.05, 3.63) is 57.3 Å². The van der Waals surface area contributed by atoms with Gasteiger partial charge in [0, 0.05) is 24.3 Å². The molecule has 4 rings (SSSR count). The Kier molecular flexibility index (Phi) is 5.89. The van der Waals surface area contributed by atoms with Gasteiger partial charge >= 0.3 is 6.18 Å². The highest BCUT2D eigenvalue weighted by molar-refractivity contribution is 5.96. The maximum Gasteiger partial charge on any atom is 0.433 e. The molecule has 2 N–H and O–H groups in total. The first kappa shape index (κ1) is 22.8. The highest BCUT2D eigenvalue weighted by Crippen LogP contribution is 2.28. The highest BCUT2D eigenvalue weighted by atomic mass is 19.4. The van der Waals surface area contributed by atoms with Crippen molar-refractivity contribution in [2.24, 2.45) is 5.92 Å². The average molecular weight is 463 g/mol. The van der Waals surface area contributed by atoms with Crippen molar-refractivity contribution >= 4 is 11.6 Å². The fourth-order valence-electron chi connectivity index (χ4n) is 3.67. The van der Waals surface area contributed by atoms with E-state index in [9.17, 15) is 27.9 Å². The summed E-state index contributed by atoms with van der Waals surface area (Å²) in [5, 5.41) is 17.6. The summed E-state index contributed by atoms with van der Waals surface area (Å²) in [6.07, 6.45) is 0.529. The molecule has 0 aromatic carbocycles. The molecule has 1 amide bonds. The second-order valence-electron chi connectivity index (χ2n) is 8.71. The fraction of sp³-hybridized carbons (Fsp3) is 0.455. The number of hydrogen-bond acceptors (Lipinski definition) is 5. The van der Waals surface area contributed by atoms with E-state index in [4.69, 9.17) is 0 Å². The summed E-state index contributed by atoms with van der Waals surface area (Å²) < 4.78 is 40.8. The predicted octanol–water partition coefficient (Wildman–Crippen LogP) is 2.95. The van der Waals surface area contributed by atoms with Crippen LogP contribution < -0.4 is 10.9 Å². The Labute approximate surface area is 187 Å². The smallest absolute Gasteiger partial charge is 0.433 e. The number of hydrogen-bond donors (Lipinski definition) is 2. The maximum absolute atomic E-state index is 13.2. The van der Waals surface area contributed by atoms with Gasteiger partial charge in [-0.25, -0.2) is 0 Å². The number of pyridine rings is 1. The van der Waals surface area contributed by atoms with Crippen LogP contribution in [0.15, 0.2) is 29.3 Å². The summed E-state index contributed by atoms with van der Waals surface area (Å²) in [4.78, 5) is 29.3. The van der Waals surface area contributed by atoms with Crippen LogP contribution in [0.3, 0.4) is 0 Å². The van der Waals surface area contributed by atoms with E-state index in [1.165, 1.54) is 27.5 Å². The van der Waals surface area contributed by atoms with Crippen LogP contribution in [0.2, 0.25) is 0 Å². The first-order valence-electron chi connectivity index (χ1n) is 10.7. The maximum atomic E-state index is 13.2. The van der Waals surface area contributed by atoms with Gasteiger partial charge in [-0.3, -0.25) is 19.1 Å². The Balaban J connectivity index is 1.69. The van der Waals surface area contributed by atoms with E-state index >= 15 is 0 Å². The van der Waals surface area contributed by atoms with E-state index in [1.807, 2.05) is 13.8 Å². The van der Waals surface area contributed by atoms with Crippen molar-refractivity contribution in [3.8, 4) is 5.88 Å². The monoisotopic (exact) mass is 463 g/mol. The molecule has 1 saturated carbocycles. The zero-order valence-corrected chi connectivity index (χ0v) is 18.2. The molecule has 0 aliphatic heterocycles. The summed E-state index contributed by atoms with van der Waals surface area (Å²) in [5.41, 5.74) is -0.354. The molecule has 1 aliphatic carbocycles. The number of aromatic hydroxyl groups is 1. The van der Waals surface area contributed by atoms with Gasteiger partial charge in [0.2, 0.25) is 5.88 Å². The summed E-state index contributed by atoms with van der Waals surface area (Å²) in [6.45, 7) is 4.14. The molecule has 0 unspecified atom stereocenters. The third-order valence-electron chi connectivity index (χ3n) is 5.44. The number of amides is 1. The highest BCUT2D eigenvalue weighted by Gasteiger charge is 2.32. The zero-order valence-electron chi connectivity index (χ0n) is 18.2. The van der Waals surface area contributed by atoms with Gasteiger partial charge < -0.3 is 10.4 Å². The van der Waals surface area contributed by atoms with Gasteiger partial charge in [-0.05, 0) is 43.2 Å². The Morgan fingerprint density at radius 2 is 1.97 bits per heavy atom. The molecule has 3 aromatic heterocycles. The van der Waals surface area contributed by atoms with Gasteiger partial charge in [0.1, 0.15) is 11.3 Å². The molecule has 1 fully saturated rings. The molecule has 3 heterocycles. The van der Waals surface area contributed by atoms with E-state index in [0.29, 0.717) is 36.2 Å². The lowest BCUT2D eigenvalue weighted by Crippen LogP contribution is -2.36. The Bertz CT molecular complexity index is 1240. The van der Waals surface area contributed by atoms with Gasteiger partial charge in [-0.15, -0.1) is 0 Å². The van der Waals surface area contributed by atoms with Crippen molar-refractivity contribution in [1.82, 2.24) is 24.5 Å².